The highest BCUT2D eigenvalue weighted by atomic mass is 16.5. The first kappa shape index (κ1) is 10.4. The maximum atomic E-state index is 11.0. The van der Waals surface area contributed by atoms with Crippen molar-refractivity contribution in [2.45, 2.75) is 19.8 Å². The van der Waals surface area contributed by atoms with E-state index in [2.05, 4.69) is 15.5 Å². The molecule has 0 aliphatic carbocycles. The van der Waals surface area contributed by atoms with Gasteiger partial charge in [0.1, 0.15) is 5.82 Å². The van der Waals surface area contributed by atoms with E-state index in [0.717, 1.165) is 12.8 Å². The smallest absolute Gasteiger partial charge is 0.412 e. The number of aromatic nitrogens is 2. The Balaban J connectivity index is 2.30. The number of hydrogen-bond donors (Lipinski definition) is 3. The summed E-state index contributed by atoms with van der Waals surface area (Å²) in [4.78, 5) is 21.7. The number of carbonyl (C=O) groups is 1. The molecule has 1 rings (SSSR count). The molecule has 0 fully saturated rings. The lowest BCUT2D eigenvalue weighted by atomic mass is 10.4. The number of amides is 1. The lowest BCUT2D eigenvalue weighted by Crippen LogP contribution is -2.14. The van der Waals surface area contributed by atoms with Gasteiger partial charge in [0, 0.05) is 6.07 Å². The SMILES string of the molecule is CCCCOC(=O)Nc1cc(=O)[nH][nH]1. The summed E-state index contributed by atoms with van der Waals surface area (Å²) in [5.74, 6) is 0.302. The summed E-state index contributed by atoms with van der Waals surface area (Å²) in [5, 5.41) is 7.14. The van der Waals surface area contributed by atoms with Crippen molar-refractivity contribution in [3.63, 3.8) is 0 Å². The van der Waals surface area contributed by atoms with Crippen LogP contribution in [0.15, 0.2) is 10.9 Å². The van der Waals surface area contributed by atoms with Crippen LogP contribution in [-0.2, 0) is 4.74 Å². The second kappa shape index (κ2) is 5.11. The second-order valence-electron chi connectivity index (χ2n) is 2.79. The first-order valence-corrected chi connectivity index (χ1v) is 4.44. The molecule has 14 heavy (non-hydrogen) atoms. The van der Waals surface area contributed by atoms with Crippen LogP contribution in [0.5, 0.6) is 0 Å². The molecule has 0 aliphatic heterocycles. The number of H-pyrrole nitrogens is 2. The van der Waals surface area contributed by atoms with Crippen LogP contribution >= 0.6 is 0 Å². The number of aromatic amines is 2. The molecule has 0 saturated heterocycles. The first-order chi connectivity index (χ1) is 6.72. The molecule has 0 saturated carbocycles. The molecule has 1 aromatic rings. The molecule has 1 heterocycles. The molecule has 1 aromatic heterocycles. The van der Waals surface area contributed by atoms with E-state index in [1.54, 1.807) is 0 Å². The Labute approximate surface area is 80.6 Å². The largest absolute Gasteiger partial charge is 0.449 e. The van der Waals surface area contributed by atoms with Gasteiger partial charge >= 0.3 is 6.09 Å². The average Bonchev–Trinajstić information content (AvgIpc) is 2.52. The van der Waals surface area contributed by atoms with Crippen molar-refractivity contribution in [2.24, 2.45) is 0 Å². The topological polar surface area (TPSA) is 87.0 Å². The third kappa shape index (κ3) is 3.34. The Bertz CT molecular complexity index is 342. The summed E-state index contributed by atoms with van der Waals surface area (Å²) in [5.41, 5.74) is -0.297. The molecule has 0 aliphatic rings. The van der Waals surface area contributed by atoms with Gasteiger partial charge in [-0.05, 0) is 6.42 Å². The van der Waals surface area contributed by atoms with Gasteiger partial charge in [-0.25, -0.2) is 4.79 Å². The number of nitrogens with one attached hydrogen (secondary N) is 3. The number of hydrogen-bond acceptors (Lipinski definition) is 3. The Kier molecular flexibility index (Phi) is 3.78. The van der Waals surface area contributed by atoms with Crippen molar-refractivity contribution in [1.29, 1.82) is 0 Å². The fraction of sp³-hybridized carbons (Fsp3) is 0.500. The lowest BCUT2D eigenvalue weighted by molar-refractivity contribution is 0.160. The first-order valence-electron chi connectivity index (χ1n) is 4.44. The maximum Gasteiger partial charge on any atom is 0.412 e. The zero-order valence-corrected chi connectivity index (χ0v) is 7.92. The van der Waals surface area contributed by atoms with Crippen molar-refractivity contribution in [1.82, 2.24) is 10.2 Å². The number of ether oxygens (including phenoxy) is 1. The Morgan fingerprint density at radius 3 is 2.93 bits per heavy atom. The summed E-state index contributed by atoms with van der Waals surface area (Å²) in [6, 6.07) is 1.24. The van der Waals surface area contributed by atoms with Crippen LogP contribution in [-0.4, -0.2) is 22.9 Å². The highest BCUT2D eigenvalue weighted by molar-refractivity contribution is 5.83. The van der Waals surface area contributed by atoms with Crippen molar-refractivity contribution >= 4 is 11.9 Å². The number of unbranched alkanes of at least 4 members (excludes halogenated alkanes) is 1. The molecule has 1 amide bonds. The van der Waals surface area contributed by atoms with Gasteiger partial charge in [-0.2, -0.15) is 0 Å². The van der Waals surface area contributed by atoms with Crippen molar-refractivity contribution in [2.75, 3.05) is 11.9 Å². The number of anilines is 1. The Morgan fingerprint density at radius 1 is 1.57 bits per heavy atom. The van der Waals surface area contributed by atoms with Crippen molar-refractivity contribution in [3.8, 4) is 0 Å². The summed E-state index contributed by atoms with van der Waals surface area (Å²) in [6.07, 6.45) is 1.24. The van der Waals surface area contributed by atoms with E-state index in [-0.39, 0.29) is 5.56 Å². The van der Waals surface area contributed by atoms with E-state index >= 15 is 0 Å². The minimum Gasteiger partial charge on any atom is -0.449 e. The molecule has 0 atom stereocenters. The fourth-order valence-corrected chi connectivity index (χ4v) is 0.855. The van der Waals surface area contributed by atoms with Crippen LogP contribution in [0.1, 0.15) is 19.8 Å². The standard InChI is InChI=1S/C8H13N3O3/c1-2-3-4-14-8(13)9-6-5-7(12)11-10-6/h5H,2-4H2,1H3,(H3,9,10,11,12,13). The quantitative estimate of drug-likeness (QED) is 0.633. The molecule has 78 valence electrons. The van der Waals surface area contributed by atoms with E-state index < -0.39 is 6.09 Å². The molecule has 0 aromatic carbocycles. The second-order valence-corrected chi connectivity index (χ2v) is 2.79. The van der Waals surface area contributed by atoms with E-state index in [4.69, 9.17) is 4.74 Å². The van der Waals surface area contributed by atoms with Crippen molar-refractivity contribution < 1.29 is 9.53 Å². The molecule has 0 spiro atoms. The summed E-state index contributed by atoms with van der Waals surface area (Å²) < 4.78 is 4.81. The zero-order valence-electron chi connectivity index (χ0n) is 7.92. The van der Waals surface area contributed by atoms with E-state index in [1.807, 2.05) is 6.92 Å². The maximum absolute atomic E-state index is 11.0. The van der Waals surface area contributed by atoms with E-state index in [0.29, 0.717) is 12.4 Å². The van der Waals surface area contributed by atoms with Crippen LogP contribution in [0.3, 0.4) is 0 Å². The minimum atomic E-state index is -0.561. The molecule has 0 unspecified atom stereocenters. The van der Waals surface area contributed by atoms with Gasteiger partial charge < -0.3 is 4.74 Å². The van der Waals surface area contributed by atoms with Gasteiger partial charge in [-0.1, -0.05) is 13.3 Å². The number of carbonyl (C=O) groups excluding carboxylic acids is 1. The molecule has 0 radical (unpaired) electrons. The van der Waals surface area contributed by atoms with Crippen LogP contribution in [0, 0.1) is 0 Å². The third-order valence-electron chi connectivity index (χ3n) is 1.56. The Morgan fingerprint density at radius 2 is 2.36 bits per heavy atom. The van der Waals surface area contributed by atoms with Crippen LogP contribution in [0.4, 0.5) is 10.6 Å². The van der Waals surface area contributed by atoms with Gasteiger partial charge in [0.25, 0.3) is 5.56 Å². The summed E-state index contributed by atoms with van der Waals surface area (Å²) >= 11 is 0. The van der Waals surface area contributed by atoms with Crippen LogP contribution < -0.4 is 10.9 Å². The average molecular weight is 199 g/mol. The van der Waals surface area contributed by atoms with Gasteiger partial charge in [-0.15, -0.1) is 0 Å². The summed E-state index contributed by atoms with van der Waals surface area (Å²) in [6.45, 7) is 2.39. The zero-order chi connectivity index (χ0) is 10.4. The predicted molar refractivity (Wildman–Crippen MR) is 51.3 cm³/mol. The van der Waals surface area contributed by atoms with Gasteiger partial charge in [0.2, 0.25) is 0 Å². The third-order valence-corrected chi connectivity index (χ3v) is 1.56. The van der Waals surface area contributed by atoms with E-state index in [9.17, 15) is 9.59 Å². The molecule has 0 bridgehead atoms. The molecular weight excluding hydrogens is 186 g/mol. The molecule has 6 nitrogen and oxygen atoms in total. The predicted octanol–water partition coefficient (Wildman–Crippen LogP) is 1.05. The highest BCUT2D eigenvalue weighted by Gasteiger charge is 2.03. The Hall–Kier alpha value is -1.72. The monoisotopic (exact) mass is 199 g/mol. The van der Waals surface area contributed by atoms with Crippen LogP contribution in [0.25, 0.3) is 0 Å². The minimum absolute atomic E-state index is 0.297. The summed E-state index contributed by atoms with van der Waals surface area (Å²) in [7, 11) is 0. The van der Waals surface area contributed by atoms with E-state index in [1.165, 1.54) is 6.07 Å². The lowest BCUT2D eigenvalue weighted by Gasteiger charge is -2.03. The van der Waals surface area contributed by atoms with Crippen LogP contribution in [0.2, 0.25) is 0 Å². The van der Waals surface area contributed by atoms with Gasteiger partial charge in [-0.3, -0.25) is 20.3 Å². The van der Waals surface area contributed by atoms with Crippen molar-refractivity contribution in [3.05, 3.63) is 16.4 Å². The van der Waals surface area contributed by atoms with Gasteiger partial charge in [0.15, 0.2) is 0 Å². The van der Waals surface area contributed by atoms with Gasteiger partial charge in [0.05, 0.1) is 6.61 Å². The molecule has 3 N–H and O–H groups in total. The molecular formula is C8H13N3O3. The number of rotatable bonds is 4. The normalized spacial score (nSPS) is 9.79. The molecule has 6 heteroatoms. The highest BCUT2D eigenvalue weighted by Crippen LogP contribution is 1.97. The fourth-order valence-electron chi connectivity index (χ4n) is 0.855.